The van der Waals surface area contributed by atoms with Crippen LogP contribution < -0.4 is 9.54 Å². The lowest BCUT2D eigenvalue weighted by atomic mass is 10.2. The van der Waals surface area contributed by atoms with Crippen LogP contribution in [0.4, 0.5) is 0 Å². The summed E-state index contributed by atoms with van der Waals surface area (Å²) in [5, 5.41) is 0. The maximum Gasteiger partial charge on any atom is 0.249 e. The molecule has 3 aromatic rings. The van der Waals surface area contributed by atoms with Crippen LogP contribution >= 0.6 is 11.3 Å². The Morgan fingerprint density at radius 3 is 2.59 bits per heavy atom. The van der Waals surface area contributed by atoms with E-state index in [1.165, 1.54) is 11.3 Å². The summed E-state index contributed by atoms with van der Waals surface area (Å²) in [5.74, 6) is -0.0207. The van der Waals surface area contributed by atoms with Gasteiger partial charge in [-0.05, 0) is 37.6 Å². The summed E-state index contributed by atoms with van der Waals surface area (Å²) < 4.78 is 38.8. The lowest BCUT2D eigenvalue weighted by Crippen LogP contribution is -2.20. The van der Waals surface area contributed by atoms with E-state index in [0.29, 0.717) is 36.7 Å². The van der Waals surface area contributed by atoms with E-state index in [0.717, 1.165) is 16.0 Å². The van der Waals surface area contributed by atoms with Crippen LogP contribution in [0.15, 0.2) is 53.5 Å². The van der Waals surface area contributed by atoms with Crippen LogP contribution in [0.1, 0.15) is 25.8 Å². The van der Waals surface area contributed by atoms with Crippen molar-refractivity contribution in [2.24, 2.45) is 4.99 Å². The highest BCUT2D eigenvalue weighted by molar-refractivity contribution is 7.90. The van der Waals surface area contributed by atoms with Crippen molar-refractivity contribution in [1.29, 1.82) is 0 Å². The van der Waals surface area contributed by atoms with Crippen molar-refractivity contribution in [3.8, 4) is 5.75 Å². The Kier molecular flexibility index (Phi) is 8.60. The number of nitrogens with zero attached hydrogens (tertiary/aromatic N) is 2. The van der Waals surface area contributed by atoms with Crippen LogP contribution in [0, 0.1) is 0 Å². The Balaban J connectivity index is 1.80. The molecule has 0 fully saturated rings. The first kappa shape index (κ1) is 24.2. The average Bonchev–Trinajstić information content (AvgIpc) is 3.09. The smallest absolute Gasteiger partial charge is 0.249 e. The highest BCUT2D eigenvalue weighted by Gasteiger charge is 2.15. The zero-order chi connectivity index (χ0) is 23.0. The topological polar surface area (TPSA) is 87.0 Å². The molecule has 0 aliphatic carbocycles. The SMILES string of the molecule is CCOCCn1c(=NC(=O)CCS(=O)(=O)Cc2ccccc2)sc2cc(OCC)ccc21. The number of hydrogen-bond donors (Lipinski definition) is 0. The third-order valence-corrected chi connectivity index (χ3v) is 7.35. The van der Waals surface area contributed by atoms with Gasteiger partial charge in [-0.1, -0.05) is 41.7 Å². The Morgan fingerprint density at radius 2 is 1.88 bits per heavy atom. The first-order valence-corrected chi connectivity index (χ1v) is 13.2. The number of hydrogen-bond acceptors (Lipinski definition) is 6. The van der Waals surface area contributed by atoms with Gasteiger partial charge in [0.25, 0.3) is 0 Å². The molecule has 2 aromatic carbocycles. The number of carbonyl (C=O) groups excluding carboxylic acids is 1. The van der Waals surface area contributed by atoms with Crippen molar-refractivity contribution < 1.29 is 22.7 Å². The highest BCUT2D eigenvalue weighted by atomic mass is 32.2. The number of benzene rings is 2. The van der Waals surface area contributed by atoms with Crippen LogP contribution in [0.25, 0.3) is 10.2 Å². The molecule has 9 heteroatoms. The maximum atomic E-state index is 12.5. The number of carbonyl (C=O) groups is 1. The number of ether oxygens (including phenoxy) is 2. The van der Waals surface area contributed by atoms with Gasteiger partial charge in [-0.15, -0.1) is 0 Å². The van der Waals surface area contributed by atoms with Crippen molar-refractivity contribution in [3.63, 3.8) is 0 Å². The first-order chi connectivity index (χ1) is 15.4. The molecule has 0 aliphatic heterocycles. The van der Waals surface area contributed by atoms with Gasteiger partial charge < -0.3 is 14.0 Å². The summed E-state index contributed by atoms with van der Waals surface area (Å²) in [6, 6.07) is 14.7. The van der Waals surface area contributed by atoms with E-state index in [9.17, 15) is 13.2 Å². The van der Waals surface area contributed by atoms with Crippen LogP contribution in [0.2, 0.25) is 0 Å². The normalized spacial score (nSPS) is 12.4. The molecule has 32 heavy (non-hydrogen) atoms. The van der Waals surface area contributed by atoms with Crippen LogP contribution in [-0.2, 0) is 31.7 Å². The summed E-state index contributed by atoms with van der Waals surface area (Å²) in [6.45, 7) is 6.04. The minimum atomic E-state index is -3.41. The molecular weight excluding hydrogens is 448 g/mol. The highest BCUT2D eigenvalue weighted by Crippen LogP contribution is 2.23. The van der Waals surface area contributed by atoms with Gasteiger partial charge in [-0.2, -0.15) is 4.99 Å². The van der Waals surface area contributed by atoms with Crippen LogP contribution in [0.3, 0.4) is 0 Å². The first-order valence-electron chi connectivity index (χ1n) is 10.6. The molecule has 0 saturated carbocycles. The number of sulfone groups is 1. The minimum absolute atomic E-state index is 0.0848. The van der Waals surface area contributed by atoms with Crippen LogP contribution in [0.5, 0.6) is 5.75 Å². The third kappa shape index (κ3) is 6.75. The largest absolute Gasteiger partial charge is 0.494 e. The Morgan fingerprint density at radius 1 is 1.09 bits per heavy atom. The number of amides is 1. The maximum absolute atomic E-state index is 12.5. The molecule has 0 bridgehead atoms. The summed E-state index contributed by atoms with van der Waals surface area (Å²) in [7, 11) is -3.41. The monoisotopic (exact) mass is 476 g/mol. The van der Waals surface area contributed by atoms with E-state index in [1.807, 2.05) is 42.7 Å². The van der Waals surface area contributed by atoms with E-state index in [1.54, 1.807) is 24.3 Å². The van der Waals surface area contributed by atoms with E-state index in [-0.39, 0.29) is 17.9 Å². The molecule has 1 aromatic heterocycles. The predicted molar refractivity (Wildman–Crippen MR) is 127 cm³/mol. The molecule has 0 aliphatic rings. The molecule has 3 rings (SSSR count). The molecule has 0 radical (unpaired) electrons. The molecule has 0 spiro atoms. The summed E-state index contributed by atoms with van der Waals surface area (Å²) >= 11 is 1.38. The third-order valence-electron chi connectivity index (χ3n) is 4.71. The number of aromatic nitrogens is 1. The Hall–Kier alpha value is -2.49. The molecule has 172 valence electrons. The van der Waals surface area contributed by atoms with Crippen molar-refractivity contribution in [3.05, 3.63) is 58.9 Å². The molecule has 1 amide bonds. The van der Waals surface area contributed by atoms with Gasteiger partial charge in [-0.25, -0.2) is 8.42 Å². The van der Waals surface area contributed by atoms with Crippen molar-refractivity contribution >= 4 is 37.3 Å². The number of thiazole rings is 1. The van der Waals surface area contributed by atoms with Gasteiger partial charge >= 0.3 is 0 Å². The van der Waals surface area contributed by atoms with Gasteiger partial charge in [0.1, 0.15) is 5.75 Å². The lowest BCUT2D eigenvalue weighted by molar-refractivity contribution is -0.117. The molecule has 0 saturated heterocycles. The minimum Gasteiger partial charge on any atom is -0.494 e. The van der Waals surface area contributed by atoms with Gasteiger partial charge in [0, 0.05) is 19.6 Å². The Bertz CT molecular complexity index is 1210. The van der Waals surface area contributed by atoms with E-state index in [4.69, 9.17) is 9.47 Å². The zero-order valence-electron chi connectivity index (χ0n) is 18.3. The molecule has 0 N–H and O–H groups in total. The van der Waals surface area contributed by atoms with Gasteiger partial charge in [0.05, 0.1) is 34.9 Å². The zero-order valence-corrected chi connectivity index (χ0v) is 20.0. The van der Waals surface area contributed by atoms with Gasteiger partial charge in [-0.3, -0.25) is 4.79 Å². The molecule has 0 atom stereocenters. The number of fused-ring (bicyclic) bond motifs is 1. The fourth-order valence-corrected chi connectivity index (χ4v) is 5.65. The quantitative estimate of drug-likeness (QED) is 0.395. The van der Waals surface area contributed by atoms with Crippen molar-refractivity contribution in [2.75, 3.05) is 25.6 Å². The fraction of sp³-hybridized carbons (Fsp3) is 0.391. The second-order valence-electron chi connectivity index (χ2n) is 7.13. The van der Waals surface area contributed by atoms with E-state index < -0.39 is 15.7 Å². The van der Waals surface area contributed by atoms with Gasteiger partial charge in [0.15, 0.2) is 14.6 Å². The second-order valence-corrected chi connectivity index (χ2v) is 10.3. The lowest BCUT2D eigenvalue weighted by Gasteiger charge is -2.06. The van der Waals surface area contributed by atoms with Gasteiger partial charge in [0.2, 0.25) is 5.91 Å². The summed E-state index contributed by atoms with van der Waals surface area (Å²) in [4.78, 5) is 17.3. The average molecular weight is 477 g/mol. The van der Waals surface area contributed by atoms with Crippen molar-refractivity contribution in [1.82, 2.24) is 4.57 Å². The Labute approximate surface area is 192 Å². The van der Waals surface area contributed by atoms with Crippen LogP contribution in [-0.4, -0.2) is 44.5 Å². The van der Waals surface area contributed by atoms with E-state index >= 15 is 0 Å². The van der Waals surface area contributed by atoms with E-state index in [2.05, 4.69) is 4.99 Å². The summed E-state index contributed by atoms with van der Waals surface area (Å²) in [5.41, 5.74) is 1.64. The standard InChI is InChI=1S/C23H28N2O5S2/c1-3-29-14-13-25-20-11-10-19(30-4-2)16-21(20)31-23(25)24-22(26)12-15-32(27,28)17-18-8-6-5-7-9-18/h5-11,16H,3-4,12-15,17H2,1-2H3. The molecule has 1 heterocycles. The molecule has 0 unspecified atom stereocenters. The molecule has 7 nitrogen and oxygen atoms in total. The number of rotatable bonds is 11. The fourth-order valence-electron chi connectivity index (χ4n) is 3.22. The second kappa shape index (κ2) is 11.4. The predicted octanol–water partition coefficient (Wildman–Crippen LogP) is 3.57. The van der Waals surface area contributed by atoms with Crippen molar-refractivity contribution in [2.45, 2.75) is 32.6 Å². The summed E-state index contributed by atoms with van der Waals surface area (Å²) in [6.07, 6.45) is -0.154. The molecular formula is C23H28N2O5S2.